The molecule has 0 unspecified atom stereocenters. The zero-order valence-electron chi connectivity index (χ0n) is 17.3. The highest BCUT2D eigenvalue weighted by Gasteiger charge is 2.25. The normalized spacial score (nSPS) is 13.8. The van der Waals surface area contributed by atoms with Crippen molar-refractivity contribution in [3.8, 4) is 11.1 Å². The number of nitrogen functional groups attached to an aromatic ring is 1. The third kappa shape index (κ3) is 2.75. The molecule has 0 bridgehead atoms. The lowest BCUT2D eigenvalue weighted by Gasteiger charge is -2.28. The number of fused-ring (bicyclic) bond motifs is 3. The van der Waals surface area contributed by atoms with Gasteiger partial charge in [0.25, 0.3) is 0 Å². The van der Waals surface area contributed by atoms with E-state index >= 15 is 0 Å². The van der Waals surface area contributed by atoms with E-state index < -0.39 is 0 Å². The average molecular weight is 411 g/mol. The van der Waals surface area contributed by atoms with E-state index in [1.54, 1.807) is 4.52 Å². The Morgan fingerprint density at radius 2 is 1.97 bits per heavy atom. The fourth-order valence-corrected chi connectivity index (χ4v) is 4.32. The molecule has 154 valence electrons. The van der Waals surface area contributed by atoms with Gasteiger partial charge in [-0.15, -0.1) is 0 Å². The second-order valence-electron chi connectivity index (χ2n) is 7.93. The van der Waals surface area contributed by atoms with Crippen molar-refractivity contribution in [2.75, 3.05) is 17.2 Å². The van der Waals surface area contributed by atoms with Crippen molar-refractivity contribution in [1.82, 2.24) is 24.6 Å². The van der Waals surface area contributed by atoms with E-state index in [2.05, 4.69) is 32.1 Å². The van der Waals surface area contributed by atoms with Gasteiger partial charge in [0.05, 0.1) is 18.3 Å². The number of pyridine rings is 1. The number of benzene rings is 1. The summed E-state index contributed by atoms with van der Waals surface area (Å²) in [5.41, 5.74) is 11.9. The molecule has 1 aromatic carbocycles. The van der Waals surface area contributed by atoms with Crippen LogP contribution in [0.1, 0.15) is 22.9 Å². The van der Waals surface area contributed by atoms with E-state index in [0.29, 0.717) is 18.3 Å². The molecule has 0 amide bonds. The molecule has 5 heterocycles. The summed E-state index contributed by atoms with van der Waals surface area (Å²) in [4.78, 5) is 16.4. The van der Waals surface area contributed by atoms with E-state index in [9.17, 15) is 0 Å². The van der Waals surface area contributed by atoms with Crippen LogP contribution in [0.4, 0.5) is 11.6 Å². The predicted molar refractivity (Wildman–Crippen MR) is 119 cm³/mol. The van der Waals surface area contributed by atoms with Crippen molar-refractivity contribution in [2.45, 2.75) is 26.8 Å². The van der Waals surface area contributed by atoms with E-state index in [0.717, 1.165) is 63.5 Å². The number of oxazole rings is 1. The van der Waals surface area contributed by atoms with Gasteiger partial charge >= 0.3 is 0 Å². The van der Waals surface area contributed by atoms with E-state index in [4.69, 9.17) is 15.1 Å². The van der Waals surface area contributed by atoms with Gasteiger partial charge in [-0.05, 0) is 19.1 Å². The van der Waals surface area contributed by atoms with Crippen molar-refractivity contribution in [2.24, 2.45) is 0 Å². The van der Waals surface area contributed by atoms with Crippen LogP contribution in [-0.4, -0.2) is 31.1 Å². The van der Waals surface area contributed by atoms with Crippen molar-refractivity contribution in [1.29, 1.82) is 0 Å². The van der Waals surface area contributed by atoms with Crippen LogP contribution in [0.5, 0.6) is 0 Å². The number of anilines is 2. The standard InChI is InChI=1S/C23H21N7O/c1-13-21(24)30-23(28-22(13)29-8-7-20-19(12-29)27-14(2)31-20)17(11-26-30)16-9-15-5-3-4-6-18(15)25-10-16/h3-6,9-11H,7-8,12,24H2,1-2H3. The Labute approximate surface area is 178 Å². The minimum atomic E-state index is 0.585. The van der Waals surface area contributed by atoms with Gasteiger partial charge in [-0.1, -0.05) is 18.2 Å². The maximum atomic E-state index is 6.49. The summed E-state index contributed by atoms with van der Waals surface area (Å²) in [7, 11) is 0. The van der Waals surface area contributed by atoms with Gasteiger partial charge in [-0.25, -0.2) is 9.97 Å². The monoisotopic (exact) mass is 411 g/mol. The third-order valence-corrected chi connectivity index (χ3v) is 5.94. The van der Waals surface area contributed by atoms with Crippen LogP contribution in [0.15, 0.2) is 47.1 Å². The van der Waals surface area contributed by atoms with Crippen LogP contribution >= 0.6 is 0 Å². The molecule has 8 nitrogen and oxygen atoms in total. The van der Waals surface area contributed by atoms with Crippen LogP contribution in [0.2, 0.25) is 0 Å². The molecule has 0 atom stereocenters. The maximum absolute atomic E-state index is 6.49. The van der Waals surface area contributed by atoms with Crippen LogP contribution in [-0.2, 0) is 13.0 Å². The summed E-state index contributed by atoms with van der Waals surface area (Å²) in [5.74, 6) is 3.11. The fraction of sp³-hybridized carbons (Fsp3) is 0.217. The SMILES string of the molecule is Cc1nc2c(o1)CCN(c1nc3c(-c4cnc5ccccc5c4)cnn3c(N)c1C)C2. The zero-order chi connectivity index (χ0) is 21.1. The highest BCUT2D eigenvalue weighted by molar-refractivity contribution is 5.87. The van der Waals surface area contributed by atoms with Gasteiger partial charge in [0.1, 0.15) is 23.1 Å². The second-order valence-corrected chi connectivity index (χ2v) is 7.93. The first-order valence-corrected chi connectivity index (χ1v) is 10.3. The Hall–Kier alpha value is -3.94. The number of aromatic nitrogens is 5. The summed E-state index contributed by atoms with van der Waals surface area (Å²) in [6, 6.07) is 10.2. The molecule has 4 aromatic heterocycles. The molecule has 0 radical (unpaired) electrons. The lowest BCUT2D eigenvalue weighted by molar-refractivity contribution is 0.463. The molecule has 0 saturated carbocycles. The van der Waals surface area contributed by atoms with E-state index in [1.165, 1.54) is 0 Å². The molecule has 8 heteroatoms. The minimum Gasteiger partial charge on any atom is -0.446 e. The number of hydrogen-bond acceptors (Lipinski definition) is 7. The van der Waals surface area contributed by atoms with Gasteiger partial charge < -0.3 is 15.1 Å². The summed E-state index contributed by atoms with van der Waals surface area (Å²) in [6.07, 6.45) is 4.47. The van der Waals surface area contributed by atoms with Crippen molar-refractivity contribution >= 4 is 28.2 Å². The molecule has 0 spiro atoms. The van der Waals surface area contributed by atoms with E-state index in [-0.39, 0.29) is 0 Å². The van der Waals surface area contributed by atoms with Gasteiger partial charge in [0.2, 0.25) is 0 Å². The first-order chi connectivity index (χ1) is 15.1. The highest BCUT2D eigenvalue weighted by Crippen LogP contribution is 2.33. The Balaban J connectivity index is 1.48. The molecule has 6 rings (SSSR count). The first kappa shape index (κ1) is 17.9. The number of nitrogens with two attached hydrogens (primary N) is 1. The summed E-state index contributed by atoms with van der Waals surface area (Å²) < 4.78 is 7.42. The summed E-state index contributed by atoms with van der Waals surface area (Å²) in [5, 5.41) is 5.59. The topological polar surface area (TPSA) is 98.4 Å². The van der Waals surface area contributed by atoms with Crippen molar-refractivity contribution in [3.63, 3.8) is 0 Å². The van der Waals surface area contributed by atoms with Gasteiger partial charge in [0, 0.05) is 48.2 Å². The Morgan fingerprint density at radius 1 is 1.10 bits per heavy atom. The third-order valence-electron chi connectivity index (χ3n) is 5.94. The van der Waals surface area contributed by atoms with Gasteiger partial charge in [-0.3, -0.25) is 4.98 Å². The van der Waals surface area contributed by atoms with Gasteiger partial charge in [-0.2, -0.15) is 9.61 Å². The zero-order valence-corrected chi connectivity index (χ0v) is 17.3. The molecule has 1 aliphatic heterocycles. The van der Waals surface area contributed by atoms with Crippen LogP contribution in [0.25, 0.3) is 27.7 Å². The molecule has 31 heavy (non-hydrogen) atoms. The van der Waals surface area contributed by atoms with Crippen LogP contribution < -0.4 is 10.6 Å². The van der Waals surface area contributed by atoms with Crippen molar-refractivity contribution < 1.29 is 4.42 Å². The average Bonchev–Trinajstić information content (AvgIpc) is 3.38. The van der Waals surface area contributed by atoms with Crippen LogP contribution in [0, 0.1) is 13.8 Å². The number of hydrogen-bond donors (Lipinski definition) is 1. The highest BCUT2D eigenvalue weighted by atomic mass is 16.4. The van der Waals surface area contributed by atoms with Gasteiger partial charge in [0.15, 0.2) is 11.5 Å². The van der Waals surface area contributed by atoms with E-state index in [1.807, 2.05) is 44.4 Å². The smallest absolute Gasteiger partial charge is 0.191 e. The number of aryl methyl sites for hydroxylation is 1. The molecule has 2 N–H and O–H groups in total. The number of nitrogens with zero attached hydrogens (tertiary/aromatic N) is 6. The van der Waals surface area contributed by atoms with Crippen LogP contribution in [0.3, 0.4) is 0 Å². The Kier molecular flexibility index (Phi) is 3.77. The Morgan fingerprint density at radius 3 is 2.87 bits per heavy atom. The Bertz CT molecular complexity index is 1470. The quantitative estimate of drug-likeness (QED) is 0.473. The molecule has 0 saturated heterocycles. The summed E-state index contributed by atoms with van der Waals surface area (Å²) >= 11 is 0. The number of para-hydroxylation sites is 1. The molecule has 0 aliphatic carbocycles. The van der Waals surface area contributed by atoms with Crippen molar-refractivity contribution in [3.05, 3.63) is 65.6 Å². The lowest BCUT2D eigenvalue weighted by atomic mass is 10.1. The maximum Gasteiger partial charge on any atom is 0.191 e. The lowest BCUT2D eigenvalue weighted by Crippen LogP contribution is -2.32. The molecule has 5 aromatic rings. The molecule has 1 aliphatic rings. The first-order valence-electron chi connectivity index (χ1n) is 10.3. The summed E-state index contributed by atoms with van der Waals surface area (Å²) in [6.45, 7) is 5.31. The molecular weight excluding hydrogens is 390 g/mol. The molecule has 0 fully saturated rings. The predicted octanol–water partition coefficient (Wildman–Crippen LogP) is 3.69. The largest absolute Gasteiger partial charge is 0.446 e. The minimum absolute atomic E-state index is 0.585. The number of rotatable bonds is 2. The second kappa shape index (κ2) is 6.53. The molecular formula is C23H21N7O. The fourth-order valence-electron chi connectivity index (χ4n) is 4.32.